The van der Waals surface area contributed by atoms with Crippen LogP contribution in [0.4, 0.5) is 0 Å². The Morgan fingerprint density at radius 3 is 1.30 bits per heavy atom. The van der Waals surface area contributed by atoms with Gasteiger partial charge >= 0.3 is 0 Å². The fourth-order valence-electron chi connectivity index (χ4n) is 3.88. The number of hydrogen-bond acceptors (Lipinski definition) is 12. The maximum atomic E-state index is 12.4. The van der Waals surface area contributed by atoms with E-state index in [9.17, 15) is 16.8 Å². The molecule has 0 unspecified atom stereocenters. The van der Waals surface area contributed by atoms with Gasteiger partial charge in [-0.25, -0.2) is 4.18 Å². The molecule has 0 N–H and O–H groups in total. The highest BCUT2D eigenvalue weighted by Gasteiger charge is 2.37. The van der Waals surface area contributed by atoms with Gasteiger partial charge in [-0.2, -0.15) is 16.8 Å². The lowest BCUT2D eigenvalue weighted by Gasteiger charge is -2.32. The van der Waals surface area contributed by atoms with E-state index in [1.807, 2.05) is 0 Å². The predicted molar refractivity (Wildman–Crippen MR) is 161 cm³/mol. The average Bonchev–Trinajstić information content (AvgIpc) is 3.00. The molecule has 12 nitrogen and oxygen atoms in total. The molecule has 0 amide bonds. The zero-order valence-electron chi connectivity index (χ0n) is 25.2. The van der Waals surface area contributed by atoms with E-state index in [-0.39, 0.29) is 19.8 Å². The molecule has 0 saturated heterocycles. The minimum atomic E-state index is -4.10. The topological polar surface area (TPSA) is 142 Å². The Bertz CT molecular complexity index is 1490. The third-order valence-electron chi connectivity index (χ3n) is 6.15. The van der Waals surface area contributed by atoms with Gasteiger partial charge in [-0.3, -0.25) is 4.18 Å². The zero-order chi connectivity index (χ0) is 32.2. The maximum Gasteiger partial charge on any atom is 0.266 e. The van der Waals surface area contributed by atoms with Gasteiger partial charge in [0.2, 0.25) is 6.29 Å². The Morgan fingerprint density at radius 2 is 0.932 bits per heavy atom. The van der Waals surface area contributed by atoms with Gasteiger partial charge in [0.1, 0.15) is 29.5 Å². The Morgan fingerprint density at radius 1 is 0.545 bits per heavy atom. The van der Waals surface area contributed by atoms with Gasteiger partial charge in [-0.15, -0.1) is 0 Å². The Labute approximate surface area is 259 Å². The molecule has 3 atom stereocenters. The molecule has 3 rings (SSSR count). The van der Waals surface area contributed by atoms with Crippen LogP contribution >= 0.6 is 0 Å². The van der Waals surface area contributed by atoms with E-state index in [0.29, 0.717) is 28.4 Å². The van der Waals surface area contributed by atoms with Crippen LogP contribution in [0, 0.1) is 0 Å². The molecular weight excluding hydrogens is 616 g/mol. The molecule has 0 saturated carbocycles. The lowest BCUT2D eigenvalue weighted by Crippen LogP contribution is -2.47. The fraction of sp³-hybridized carbons (Fsp3) is 0.400. The number of rotatable bonds is 19. The SMILES string of the molecule is COc1ccc(CO[C@H](OS(C)(=O)=O)[C@H](OCc2ccc(OC)cc2)[C@H](COS(C)(=O)=O)OCc2ccc(OC)cc2)cc1. The molecule has 0 heterocycles. The molecule has 0 spiro atoms. The summed E-state index contributed by atoms with van der Waals surface area (Å²) < 4.78 is 93.1. The second kappa shape index (κ2) is 16.7. The molecule has 242 valence electrons. The maximum absolute atomic E-state index is 12.4. The van der Waals surface area contributed by atoms with Gasteiger partial charge in [0.25, 0.3) is 20.2 Å². The summed E-state index contributed by atoms with van der Waals surface area (Å²) in [6.45, 7) is -0.637. The molecule has 14 heteroatoms. The van der Waals surface area contributed by atoms with E-state index in [1.54, 1.807) is 87.0 Å². The van der Waals surface area contributed by atoms with Gasteiger partial charge in [0.15, 0.2) is 0 Å². The third-order valence-corrected chi connectivity index (χ3v) is 7.25. The van der Waals surface area contributed by atoms with Crippen molar-refractivity contribution >= 4 is 20.2 Å². The van der Waals surface area contributed by atoms with Crippen LogP contribution < -0.4 is 14.2 Å². The number of hydrogen-bond donors (Lipinski definition) is 0. The van der Waals surface area contributed by atoms with Gasteiger partial charge in [0.05, 0.1) is 60.3 Å². The Hall–Kier alpha value is -3.24. The fourth-order valence-corrected chi connectivity index (χ4v) is 4.77. The van der Waals surface area contributed by atoms with Gasteiger partial charge in [-0.05, 0) is 53.1 Å². The quantitative estimate of drug-likeness (QED) is 0.137. The molecule has 3 aromatic carbocycles. The van der Waals surface area contributed by atoms with Crippen LogP contribution in [0.3, 0.4) is 0 Å². The van der Waals surface area contributed by atoms with Crippen molar-refractivity contribution in [2.45, 2.75) is 38.3 Å². The molecule has 0 aromatic heterocycles. The van der Waals surface area contributed by atoms with Crippen molar-refractivity contribution in [1.82, 2.24) is 0 Å². The van der Waals surface area contributed by atoms with Crippen LogP contribution in [0.5, 0.6) is 17.2 Å². The van der Waals surface area contributed by atoms with E-state index in [4.69, 9.17) is 36.8 Å². The molecule has 0 radical (unpaired) electrons. The van der Waals surface area contributed by atoms with Crippen molar-refractivity contribution < 1.29 is 53.6 Å². The molecule has 3 aromatic rings. The van der Waals surface area contributed by atoms with Crippen molar-refractivity contribution in [3.8, 4) is 17.2 Å². The highest BCUT2D eigenvalue weighted by atomic mass is 32.2. The molecule has 0 bridgehead atoms. The summed E-state index contributed by atoms with van der Waals surface area (Å²) in [5.41, 5.74) is 2.12. The monoisotopic (exact) mass is 654 g/mol. The summed E-state index contributed by atoms with van der Waals surface area (Å²) in [6, 6.07) is 21.0. The lowest BCUT2D eigenvalue weighted by molar-refractivity contribution is -0.214. The highest BCUT2D eigenvalue weighted by Crippen LogP contribution is 2.23. The van der Waals surface area contributed by atoms with Crippen LogP contribution in [0.2, 0.25) is 0 Å². The number of methoxy groups -OCH3 is 3. The van der Waals surface area contributed by atoms with E-state index in [2.05, 4.69) is 0 Å². The molecule has 0 fully saturated rings. The van der Waals surface area contributed by atoms with Gasteiger partial charge in [-0.1, -0.05) is 36.4 Å². The Balaban J connectivity index is 1.95. The standard InChI is InChI=1S/C30H38O12S2/c1-35-25-12-6-22(7-13-25)18-38-28(21-41-43(4,31)32)29(39-19-23-8-14-26(36-2)15-9-23)30(42-44(5,33)34)40-20-24-10-16-27(37-3)17-11-24/h6-17,28-30H,18-21H2,1-5H3/t28-,29+,30+/m0/s1. The second-order valence-corrected chi connectivity index (χ2v) is 12.9. The summed E-state index contributed by atoms with van der Waals surface area (Å²) in [6.07, 6.45) is -2.25. The van der Waals surface area contributed by atoms with Crippen LogP contribution in [-0.2, 0) is 62.6 Å². The summed E-state index contributed by atoms with van der Waals surface area (Å²) in [5, 5.41) is 0. The van der Waals surface area contributed by atoms with Crippen molar-refractivity contribution in [3.05, 3.63) is 89.5 Å². The molecular formula is C30H38O12S2. The van der Waals surface area contributed by atoms with Crippen molar-refractivity contribution in [2.24, 2.45) is 0 Å². The molecule has 0 aliphatic rings. The number of ether oxygens (including phenoxy) is 6. The van der Waals surface area contributed by atoms with Crippen molar-refractivity contribution in [2.75, 3.05) is 40.4 Å². The lowest BCUT2D eigenvalue weighted by atomic mass is 10.1. The first-order chi connectivity index (χ1) is 20.9. The minimum Gasteiger partial charge on any atom is -0.497 e. The first-order valence-electron chi connectivity index (χ1n) is 13.4. The van der Waals surface area contributed by atoms with Crippen LogP contribution in [0.15, 0.2) is 72.8 Å². The van der Waals surface area contributed by atoms with E-state index < -0.39 is 45.3 Å². The van der Waals surface area contributed by atoms with Gasteiger partial charge in [0, 0.05) is 0 Å². The van der Waals surface area contributed by atoms with Crippen LogP contribution in [-0.4, -0.2) is 75.8 Å². The average molecular weight is 655 g/mol. The van der Waals surface area contributed by atoms with Gasteiger partial charge < -0.3 is 28.4 Å². The zero-order valence-corrected chi connectivity index (χ0v) is 26.8. The van der Waals surface area contributed by atoms with E-state index >= 15 is 0 Å². The number of benzene rings is 3. The Kier molecular flexibility index (Phi) is 13.4. The predicted octanol–water partition coefficient (Wildman–Crippen LogP) is 3.68. The summed E-state index contributed by atoms with van der Waals surface area (Å²) in [7, 11) is -3.39. The highest BCUT2D eigenvalue weighted by molar-refractivity contribution is 7.86. The second-order valence-electron chi connectivity index (χ2n) is 9.64. The van der Waals surface area contributed by atoms with Crippen LogP contribution in [0.25, 0.3) is 0 Å². The summed E-state index contributed by atoms with van der Waals surface area (Å²) in [5.74, 6) is 1.90. The first-order valence-corrected chi connectivity index (χ1v) is 17.0. The minimum absolute atomic E-state index is 0.00570. The van der Waals surface area contributed by atoms with Crippen molar-refractivity contribution in [3.63, 3.8) is 0 Å². The van der Waals surface area contributed by atoms with Crippen molar-refractivity contribution in [1.29, 1.82) is 0 Å². The normalized spacial score (nSPS) is 14.0. The molecule has 0 aliphatic heterocycles. The summed E-state index contributed by atoms with van der Waals surface area (Å²) >= 11 is 0. The van der Waals surface area contributed by atoms with Crippen LogP contribution in [0.1, 0.15) is 16.7 Å². The third kappa shape index (κ3) is 12.4. The largest absolute Gasteiger partial charge is 0.497 e. The summed E-state index contributed by atoms with van der Waals surface area (Å²) in [4.78, 5) is 0. The molecule has 44 heavy (non-hydrogen) atoms. The van der Waals surface area contributed by atoms with E-state index in [1.165, 1.54) is 7.11 Å². The van der Waals surface area contributed by atoms with E-state index in [0.717, 1.165) is 18.1 Å². The molecule has 0 aliphatic carbocycles. The smallest absolute Gasteiger partial charge is 0.266 e. The first kappa shape index (κ1) is 35.2.